The second kappa shape index (κ2) is 4.97. The fraction of sp³-hybridized carbons (Fsp3) is 0.235. The van der Waals surface area contributed by atoms with Gasteiger partial charge in [0.1, 0.15) is 0 Å². The summed E-state index contributed by atoms with van der Waals surface area (Å²) in [6, 6.07) is 8.79. The zero-order chi connectivity index (χ0) is 14.4. The van der Waals surface area contributed by atoms with Crippen LogP contribution in [0.4, 0.5) is 0 Å². The van der Waals surface area contributed by atoms with Gasteiger partial charge in [-0.2, -0.15) is 0 Å². The van der Waals surface area contributed by atoms with Crippen molar-refractivity contribution in [2.75, 3.05) is 6.54 Å². The Morgan fingerprint density at radius 1 is 1.29 bits per heavy atom. The molecule has 0 spiro atoms. The number of nitrogens with zero attached hydrogens (tertiary/aromatic N) is 1. The van der Waals surface area contributed by atoms with E-state index < -0.39 is 0 Å². The van der Waals surface area contributed by atoms with Gasteiger partial charge in [0.15, 0.2) is 0 Å². The number of hydrogen-bond acceptors (Lipinski definition) is 2. The number of fused-ring (bicyclic) bond motifs is 3. The number of benzene rings is 1. The van der Waals surface area contributed by atoms with Crippen LogP contribution in [0.25, 0.3) is 10.9 Å². The Bertz CT molecular complexity index is 822. The maximum absolute atomic E-state index is 4.21. The largest absolute Gasteiger partial charge is 0.357 e. The first-order valence-electron chi connectivity index (χ1n) is 7.18. The summed E-state index contributed by atoms with van der Waals surface area (Å²) in [5, 5.41) is 4.97. The first-order chi connectivity index (χ1) is 10.2. The summed E-state index contributed by atoms with van der Waals surface area (Å²) in [7, 11) is 0. The molecule has 3 nitrogen and oxygen atoms in total. The van der Waals surface area contributed by atoms with Crippen molar-refractivity contribution >= 4 is 26.8 Å². The highest BCUT2D eigenvalue weighted by Gasteiger charge is 2.26. The van der Waals surface area contributed by atoms with Crippen LogP contribution in [-0.4, -0.2) is 16.5 Å². The average molecular weight is 342 g/mol. The fourth-order valence-corrected chi connectivity index (χ4v) is 3.63. The summed E-state index contributed by atoms with van der Waals surface area (Å²) in [6.45, 7) is 3.12. The molecule has 21 heavy (non-hydrogen) atoms. The second-order valence-electron chi connectivity index (χ2n) is 5.58. The molecule has 0 radical (unpaired) electrons. The van der Waals surface area contributed by atoms with Crippen LogP contribution in [0.1, 0.15) is 28.4 Å². The van der Waals surface area contributed by atoms with Gasteiger partial charge < -0.3 is 10.3 Å². The van der Waals surface area contributed by atoms with Gasteiger partial charge in [0.2, 0.25) is 0 Å². The molecule has 3 heterocycles. The number of aromatic nitrogens is 2. The monoisotopic (exact) mass is 341 g/mol. The highest BCUT2D eigenvalue weighted by molar-refractivity contribution is 9.10. The Hall–Kier alpha value is -1.65. The standard InChI is InChI=1S/C17H16BrN3/c1-10-9-19-6-4-12(10)16-17-13(5-7-20-16)14-8-11(18)2-3-15(14)21-17/h2-4,6,8-9,16,20-21H,5,7H2,1H3. The summed E-state index contributed by atoms with van der Waals surface area (Å²) < 4.78 is 1.13. The minimum Gasteiger partial charge on any atom is -0.357 e. The molecule has 2 N–H and O–H groups in total. The van der Waals surface area contributed by atoms with Crippen LogP contribution in [0.15, 0.2) is 41.1 Å². The summed E-state index contributed by atoms with van der Waals surface area (Å²) in [5.74, 6) is 0. The predicted octanol–water partition coefficient (Wildman–Crippen LogP) is 3.87. The first-order valence-corrected chi connectivity index (χ1v) is 7.97. The predicted molar refractivity (Wildman–Crippen MR) is 88.5 cm³/mol. The van der Waals surface area contributed by atoms with Gasteiger partial charge in [-0.1, -0.05) is 15.9 Å². The summed E-state index contributed by atoms with van der Waals surface area (Å²) in [6.07, 6.45) is 4.87. The number of pyridine rings is 1. The van der Waals surface area contributed by atoms with E-state index in [0.29, 0.717) is 0 Å². The second-order valence-corrected chi connectivity index (χ2v) is 6.49. The topological polar surface area (TPSA) is 40.7 Å². The molecule has 2 aromatic heterocycles. The molecule has 0 bridgehead atoms. The third-order valence-corrected chi connectivity index (χ3v) is 4.78. The van der Waals surface area contributed by atoms with Crippen LogP contribution in [0.5, 0.6) is 0 Å². The first kappa shape index (κ1) is 13.0. The fourth-order valence-electron chi connectivity index (χ4n) is 3.27. The highest BCUT2D eigenvalue weighted by Crippen LogP contribution is 2.35. The zero-order valence-corrected chi connectivity index (χ0v) is 13.4. The van der Waals surface area contributed by atoms with Crippen LogP contribution in [0, 0.1) is 6.92 Å². The third-order valence-electron chi connectivity index (χ3n) is 4.29. The number of aromatic amines is 1. The SMILES string of the molecule is Cc1cnccc1C1NCCc2c1[nH]c1ccc(Br)cc21. The van der Waals surface area contributed by atoms with Crippen molar-refractivity contribution in [3.05, 3.63) is 63.5 Å². The van der Waals surface area contributed by atoms with Crippen molar-refractivity contribution < 1.29 is 0 Å². The summed E-state index contributed by atoms with van der Waals surface area (Å²) >= 11 is 3.58. The van der Waals surface area contributed by atoms with E-state index in [4.69, 9.17) is 0 Å². The van der Waals surface area contributed by atoms with Crippen molar-refractivity contribution in [3.8, 4) is 0 Å². The van der Waals surface area contributed by atoms with Gasteiger partial charge in [-0.25, -0.2) is 0 Å². The van der Waals surface area contributed by atoms with E-state index in [2.05, 4.69) is 62.4 Å². The lowest BCUT2D eigenvalue weighted by atomic mass is 9.93. The van der Waals surface area contributed by atoms with Crippen molar-refractivity contribution in [1.29, 1.82) is 0 Å². The van der Waals surface area contributed by atoms with Crippen LogP contribution in [0.3, 0.4) is 0 Å². The molecule has 4 rings (SSSR count). The maximum atomic E-state index is 4.21. The molecule has 0 aliphatic carbocycles. The average Bonchev–Trinajstić information content (AvgIpc) is 2.86. The van der Waals surface area contributed by atoms with Crippen LogP contribution in [-0.2, 0) is 6.42 Å². The minimum absolute atomic E-state index is 0.225. The molecule has 1 atom stereocenters. The Kier molecular flexibility index (Phi) is 3.08. The van der Waals surface area contributed by atoms with Crippen LogP contribution in [0.2, 0.25) is 0 Å². The summed E-state index contributed by atoms with van der Waals surface area (Å²) in [5.41, 5.74) is 6.47. The molecule has 0 amide bonds. The smallest absolute Gasteiger partial charge is 0.0736 e. The molecule has 0 saturated carbocycles. The van der Waals surface area contributed by atoms with Gasteiger partial charge in [-0.3, -0.25) is 4.98 Å². The lowest BCUT2D eigenvalue weighted by Gasteiger charge is -2.25. The van der Waals surface area contributed by atoms with Crippen molar-refractivity contribution in [2.45, 2.75) is 19.4 Å². The molecule has 106 valence electrons. The summed E-state index contributed by atoms with van der Waals surface area (Å²) in [4.78, 5) is 7.82. The third kappa shape index (κ3) is 2.10. The maximum Gasteiger partial charge on any atom is 0.0736 e. The Morgan fingerprint density at radius 2 is 2.19 bits per heavy atom. The molecule has 0 fully saturated rings. The lowest BCUT2D eigenvalue weighted by molar-refractivity contribution is 0.558. The van der Waals surface area contributed by atoms with E-state index >= 15 is 0 Å². The number of hydrogen-bond donors (Lipinski definition) is 2. The van der Waals surface area contributed by atoms with Gasteiger partial charge in [-0.05, 0) is 54.3 Å². The van der Waals surface area contributed by atoms with E-state index in [1.54, 1.807) is 0 Å². The molecular weight excluding hydrogens is 326 g/mol. The minimum atomic E-state index is 0.225. The zero-order valence-electron chi connectivity index (χ0n) is 11.8. The quantitative estimate of drug-likeness (QED) is 0.705. The molecule has 1 aliphatic rings. The van der Waals surface area contributed by atoms with Gasteiger partial charge in [-0.15, -0.1) is 0 Å². The number of aryl methyl sites for hydroxylation is 1. The van der Waals surface area contributed by atoms with Crippen molar-refractivity contribution in [3.63, 3.8) is 0 Å². The van der Waals surface area contributed by atoms with Gasteiger partial charge in [0, 0.05) is 40.0 Å². The Labute approximate surface area is 131 Å². The molecule has 1 aromatic carbocycles. The highest BCUT2D eigenvalue weighted by atomic mass is 79.9. The number of H-pyrrole nitrogens is 1. The number of rotatable bonds is 1. The van der Waals surface area contributed by atoms with Crippen molar-refractivity contribution in [2.24, 2.45) is 0 Å². The Morgan fingerprint density at radius 3 is 3.05 bits per heavy atom. The van der Waals surface area contributed by atoms with Gasteiger partial charge in [0.05, 0.1) is 6.04 Å². The van der Waals surface area contributed by atoms with Gasteiger partial charge in [0.25, 0.3) is 0 Å². The molecule has 1 unspecified atom stereocenters. The molecular formula is C17H16BrN3. The van der Waals surface area contributed by atoms with Crippen LogP contribution >= 0.6 is 15.9 Å². The molecule has 0 saturated heterocycles. The normalized spacial score (nSPS) is 17.9. The number of nitrogens with one attached hydrogen (secondary N) is 2. The Balaban J connectivity index is 1.92. The molecule has 4 heteroatoms. The van der Waals surface area contributed by atoms with E-state index in [-0.39, 0.29) is 6.04 Å². The number of halogens is 1. The lowest BCUT2D eigenvalue weighted by Crippen LogP contribution is -2.30. The van der Waals surface area contributed by atoms with E-state index in [1.807, 2.05) is 12.4 Å². The van der Waals surface area contributed by atoms with Crippen molar-refractivity contribution in [1.82, 2.24) is 15.3 Å². The van der Waals surface area contributed by atoms with Crippen LogP contribution < -0.4 is 5.32 Å². The van der Waals surface area contributed by atoms with Gasteiger partial charge >= 0.3 is 0 Å². The molecule has 3 aromatic rings. The molecule has 1 aliphatic heterocycles. The van der Waals surface area contributed by atoms with E-state index in [1.165, 1.54) is 33.3 Å². The van der Waals surface area contributed by atoms with E-state index in [0.717, 1.165) is 17.4 Å². The van der Waals surface area contributed by atoms with E-state index in [9.17, 15) is 0 Å².